The van der Waals surface area contributed by atoms with E-state index in [1.54, 1.807) is 21.1 Å². The monoisotopic (exact) mass is 340 g/mol. The van der Waals surface area contributed by atoms with Crippen LogP contribution in [0.2, 0.25) is 5.02 Å². The Balaban J connectivity index is 2.49. The molecule has 0 bridgehead atoms. The molecular weight excluding hydrogens is 323 g/mol. The number of benzene rings is 1. The van der Waals surface area contributed by atoms with Crippen LogP contribution in [0.3, 0.4) is 0 Å². The molecular formula is C16H18ClFN2O3. The highest BCUT2D eigenvalue weighted by Crippen LogP contribution is 2.34. The third-order valence-electron chi connectivity index (χ3n) is 3.67. The molecule has 0 aliphatic rings. The lowest BCUT2D eigenvalue weighted by molar-refractivity contribution is 0.0632. The van der Waals surface area contributed by atoms with Crippen LogP contribution in [-0.2, 0) is 4.74 Å². The lowest BCUT2D eigenvalue weighted by Crippen LogP contribution is -2.38. The van der Waals surface area contributed by atoms with Crippen molar-refractivity contribution in [2.45, 2.75) is 19.9 Å². The second kappa shape index (κ2) is 7.10. The quantitative estimate of drug-likeness (QED) is 0.835. The molecule has 124 valence electrons. The first-order chi connectivity index (χ1) is 10.9. The Kier molecular flexibility index (Phi) is 5.38. The lowest BCUT2D eigenvalue weighted by Gasteiger charge is -2.24. The molecule has 2 rings (SSSR count). The maximum atomic E-state index is 14.2. The molecule has 0 spiro atoms. The SMILES string of the molecule is COC[C@H](C)N(C)C(=O)c1c(-c2c(F)cccc2Cl)noc1C. The number of hydrogen-bond acceptors (Lipinski definition) is 4. The second-order valence-corrected chi connectivity index (χ2v) is 5.69. The van der Waals surface area contributed by atoms with Gasteiger partial charge in [-0.05, 0) is 26.0 Å². The summed E-state index contributed by atoms with van der Waals surface area (Å²) in [6.45, 7) is 3.83. The average molecular weight is 341 g/mol. The van der Waals surface area contributed by atoms with Crippen LogP contribution >= 0.6 is 11.6 Å². The standard InChI is InChI=1S/C16H18ClFN2O3/c1-9(8-22-4)20(3)16(21)13-10(2)23-19-15(13)14-11(17)6-5-7-12(14)18/h5-7,9H,8H2,1-4H3/t9-/m0/s1. The molecule has 0 radical (unpaired) electrons. The van der Waals surface area contributed by atoms with Crippen molar-refractivity contribution in [1.82, 2.24) is 10.1 Å². The molecule has 1 amide bonds. The number of ether oxygens (including phenoxy) is 1. The van der Waals surface area contributed by atoms with Crippen LogP contribution in [0, 0.1) is 12.7 Å². The summed E-state index contributed by atoms with van der Waals surface area (Å²) in [7, 11) is 3.20. The summed E-state index contributed by atoms with van der Waals surface area (Å²) in [5, 5.41) is 4.00. The number of methoxy groups -OCH3 is 1. The summed E-state index contributed by atoms with van der Waals surface area (Å²) in [6.07, 6.45) is 0. The topological polar surface area (TPSA) is 55.6 Å². The predicted molar refractivity (Wildman–Crippen MR) is 85.1 cm³/mol. The Labute approximate surface area is 139 Å². The lowest BCUT2D eigenvalue weighted by atomic mass is 10.0. The van der Waals surface area contributed by atoms with Gasteiger partial charge in [-0.1, -0.05) is 22.8 Å². The number of halogens is 2. The van der Waals surface area contributed by atoms with Gasteiger partial charge in [-0.2, -0.15) is 0 Å². The normalized spacial score (nSPS) is 12.3. The summed E-state index contributed by atoms with van der Waals surface area (Å²) < 4.78 is 24.3. The number of carbonyl (C=O) groups is 1. The first kappa shape index (κ1) is 17.4. The largest absolute Gasteiger partial charge is 0.383 e. The van der Waals surface area contributed by atoms with Crippen molar-refractivity contribution < 1.29 is 18.4 Å². The number of aryl methyl sites for hydroxylation is 1. The Morgan fingerprint density at radius 1 is 1.52 bits per heavy atom. The molecule has 7 heteroatoms. The van der Waals surface area contributed by atoms with E-state index in [0.717, 1.165) is 0 Å². The van der Waals surface area contributed by atoms with Crippen molar-refractivity contribution in [2.75, 3.05) is 20.8 Å². The van der Waals surface area contributed by atoms with E-state index in [0.29, 0.717) is 12.4 Å². The summed E-state index contributed by atoms with van der Waals surface area (Å²) in [5.41, 5.74) is 0.358. The van der Waals surface area contributed by atoms with Crippen LogP contribution < -0.4 is 0 Å². The molecule has 0 aliphatic carbocycles. The van der Waals surface area contributed by atoms with E-state index in [2.05, 4.69) is 5.16 Å². The van der Waals surface area contributed by atoms with Crippen LogP contribution in [0.4, 0.5) is 4.39 Å². The summed E-state index contributed by atoms with van der Waals surface area (Å²) in [5.74, 6) is -0.587. The first-order valence-electron chi connectivity index (χ1n) is 7.05. The van der Waals surface area contributed by atoms with E-state index in [9.17, 15) is 9.18 Å². The smallest absolute Gasteiger partial charge is 0.259 e. The zero-order valence-electron chi connectivity index (χ0n) is 13.4. The maximum absolute atomic E-state index is 14.2. The fraction of sp³-hybridized carbons (Fsp3) is 0.375. The minimum absolute atomic E-state index is 0.0576. The van der Waals surface area contributed by atoms with Gasteiger partial charge in [0.25, 0.3) is 5.91 Å². The van der Waals surface area contributed by atoms with E-state index in [-0.39, 0.29) is 33.8 Å². The van der Waals surface area contributed by atoms with Gasteiger partial charge in [0.2, 0.25) is 0 Å². The highest BCUT2D eigenvalue weighted by atomic mass is 35.5. The number of nitrogens with zero attached hydrogens (tertiary/aromatic N) is 2. The van der Waals surface area contributed by atoms with Crippen LogP contribution in [0.1, 0.15) is 23.0 Å². The van der Waals surface area contributed by atoms with Crippen LogP contribution in [-0.4, -0.2) is 42.8 Å². The number of carbonyl (C=O) groups excluding carboxylic acids is 1. The first-order valence-corrected chi connectivity index (χ1v) is 7.43. The van der Waals surface area contributed by atoms with E-state index < -0.39 is 5.82 Å². The van der Waals surface area contributed by atoms with Crippen molar-refractivity contribution in [3.63, 3.8) is 0 Å². The second-order valence-electron chi connectivity index (χ2n) is 5.28. The van der Waals surface area contributed by atoms with Gasteiger partial charge in [0.1, 0.15) is 22.8 Å². The molecule has 0 fully saturated rings. The van der Waals surface area contributed by atoms with Gasteiger partial charge in [-0.25, -0.2) is 4.39 Å². The van der Waals surface area contributed by atoms with Gasteiger partial charge in [0.15, 0.2) is 0 Å². The molecule has 2 aromatic rings. The molecule has 0 N–H and O–H groups in total. The number of rotatable bonds is 5. The number of amides is 1. The number of aromatic nitrogens is 1. The minimum Gasteiger partial charge on any atom is -0.383 e. The maximum Gasteiger partial charge on any atom is 0.259 e. The van der Waals surface area contributed by atoms with Crippen LogP contribution in [0.5, 0.6) is 0 Å². The van der Waals surface area contributed by atoms with Gasteiger partial charge < -0.3 is 14.2 Å². The summed E-state index contributed by atoms with van der Waals surface area (Å²) in [6, 6.07) is 4.12. The van der Waals surface area contributed by atoms with Gasteiger partial charge in [-0.3, -0.25) is 4.79 Å². The Bertz CT molecular complexity index is 697. The molecule has 5 nitrogen and oxygen atoms in total. The fourth-order valence-corrected chi connectivity index (χ4v) is 2.50. The van der Waals surface area contributed by atoms with E-state index in [1.807, 2.05) is 6.92 Å². The molecule has 1 aromatic heterocycles. The predicted octanol–water partition coefficient (Wildman–Crippen LogP) is 3.55. The van der Waals surface area contributed by atoms with Crippen LogP contribution in [0.15, 0.2) is 22.7 Å². The Morgan fingerprint density at radius 3 is 2.83 bits per heavy atom. The molecule has 1 atom stereocenters. The van der Waals surface area contributed by atoms with Gasteiger partial charge in [0, 0.05) is 14.2 Å². The zero-order chi connectivity index (χ0) is 17.1. The van der Waals surface area contributed by atoms with E-state index in [1.165, 1.54) is 23.1 Å². The van der Waals surface area contributed by atoms with Gasteiger partial charge >= 0.3 is 0 Å². The molecule has 0 saturated carbocycles. The van der Waals surface area contributed by atoms with Gasteiger partial charge in [0.05, 0.1) is 23.2 Å². The summed E-state index contributed by atoms with van der Waals surface area (Å²) in [4.78, 5) is 14.3. The molecule has 23 heavy (non-hydrogen) atoms. The zero-order valence-corrected chi connectivity index (χ0v) is 14.1. The third kappa shape index (κ3) is 3.38. The van der Waals surface area contributed by atoms with Crippen molar-refractivity contribution >= 4 is 17.5 Å². The van der Waals surface area contributed by atoms with E-state index >= 15 is 0 Å². The Hall–Kier alpha value is -1.92. The van der Waals surface area contributed by atoms with Crippen LogP contribution in [0.25, 0.3) is 11.3 Å². The highest BCUT2D eigenvalue weighted by molar-refractivity contribution is 6.33. The fourth-order valence-electron chi connectivity index (χ4n) is 2.25. The molecule has 0 saturated heterocycles. The number of hydrogen-bond donors (Lipinski definition) is 0. The summed E-state index contributed by atoms with van der Waals surface area (Å²) >= 11 is 6.08. The molecule has 1 heterocycles. The molecule has 0 unspecified atom stereocenters. The van der Waals surface area contributed by atoms with Crippen molar-refractivity contribution in [1.29, 1.82) is 0 Å². The minimum atomic E-state index is -0.563. The van der Waals surface area contributed by atoms with Gasteiger partial charge in [-0.15, -0.1) is 0 Å². The van der Waals surface area contributed by atoms with Crippen molar-refractivity contribution in [2.24, 2.45) is 0 Å². The molecule has 1 aromatic carbocycles. The average Bonchev–Trinajstić information content (AvgIpc) is 2.87. The van der Waals surface area contributed by atoms with Crippen molar-refractivity contribution in [3.8, 4) is 11.3 Å². The Morgan fingerprint density at radius 2 is 2.22 bits per heavy atom. The molecule has 0 aliphatic heterocycles. The number of likely N-dealkylation sites (N-methyl/N-ethyl adjacent to an activating group) is 1. The van der Waals surface area contributed by atoms with Crippen molar-refractivity contribution in [3.05, 3.63) is 40.4 Å². The highest BCUT2D eigenvalue weighted by Gasteiger charge is 2.28. The van der Waals surface area contributed by atoms with E-state index in [4.69, 9.17) is 20.9 Å². The third-order valence-corrected chi connectivity index (χ3v) is 3.98.